The van der Waals surface area contributed by atoms with E-state index in [1.165, 1.54) is 6.33 Å². The van der Waals surface area contributed by atoms with E-state index in [0.717, 1.165) is 18.7 Å². The Labute approximate surface area is 92.9 Å². The number of hydrogen-bond donors (Lipinski definition) is 1. The smallest absolute Gasteiger partial charge is 0.390 e. The first-order valence-corrected chi connectivity index (χ1v) is 4.00. The molecule has 11 nitrogen and oxygen atoms in total. The Morgan fingerprint density at radius 2 is 1.71 bits per heavy atom. The molecule has 0 spiro atoms. The van der Waals surface area contributed by atoms with Crippen molar-refractivity contribution in [1.82, 2.24) is 25.1 Å². The zero-order valence-electron chi connectivity index (χ0n) is 8.13. The summed E-state index contributed by atoms with van der Waals surface area (Å²) in [5.41, 5.74) is -0.0856. The third-order valence-corrected chi connectivity index (χ3v) is 1.33. The molecule has 17 heavy (non-hydrogen) atoms. The normalized spacial score (nSPS) is 8.94. The summed E-state index contributed by atoms with van der Waals surface area (Å²) in [6, 6.07) is 0. The topological polar surface area (TPSA) is 154 Å². The Kier molecular flexibility index (Phi) is 4.12. The van der Waals surface area contributed by atoms with E-state index in [1.807, 2.05) is 0 Å². The fourth-order valence-corrected chi connectivity index (χ4v) is 0.672. The highest BCUT2D eigenvalue weighted by Gasteiger charge is 2.03. The Balaban J connectivity index is 0.000000171. The van der Waals surface area contributed by atoms with Crippen LogP contribution in [0.25, 0.3) is 0 Å². The maximum Gasteiger partial charge on any atom is 0.453 e. The molecule has 2 heterocycles. The number of nitro groups is 2. The average Bonchev–Trinajstić information content (AvgIpc) is 2.84. The lowest BCUT2D eigenvalue weighted by Gasteiger charge is -1.84. The zero-order valence-corrected chi connectivity index (χ0v) is 8.13. The molecule has 88 valence electrons. The molecular formula is C6H5N7O4. The maximum atomic E-state index is 9.93. The molecule has 0 aromatic carbocycles. The van der Waals surface area contributed by atoms with Gasteiger partial charge in [-0.25, -0.2) is 9.97 Å². The largest absolute Gasteiger partial charge is 0.453 e. The SMILES string of the molecule is O=[N+]([O-])c1cncnc1.O=[N+]([O-])c1ncn[nH]1. The number of aromatic amines is 1. The van der Waals surface area contributed by atoms with Crippen molar-refractivity contribution >= 4 is 11.6 Å². The van der Waals surface area contributed by atoms with Crippen molar-refractivity contribution < 1.29 is 9.85 Å². The number of nitrogens with one attached hydrogen (secondary N) is 1. The molecule has 0 atom stereocenters. The van der Waals surface area contributed by atoms with Crippen molar-refractivity contribution in [1.29, 1.82) is 0 Å². The maximum absolute atomic E-state index is 9.93. The standard InChI is InChI=1S/C4H3N3O2.C2H2N4O2/c8-7(9)4-1-5-3-6-2-4;7-6(8)2-3-1-4-5-2/h1-3H;1H,(H,3,4,5). The van der Waals surface area contributed by atoms with Crippen molar-refractivity contribution in [2.75, 3.05) is 0 Å². The molecule has 0 aliphatic rings. The molecule has 11 heteroatoms. The molecule has 0 bridgehead atoms. The lowest BCUT2D eigenvalue weighted by atomic mass is 10.6. The third kappa shape index (κ3) is 3.94. The Hall–Kier alpha value is -2.98. The quantitative estimate of drug-likeness (QED) is 0.571. The van der Waals surface area contributed by atoms with Crippen molar-refractivity contribution in [2.45, 2.75) is 0 Å². The zero-order chi connectivity index (χ0) is 12.7. The van der Waals surface area contributed by atoms with E-state index in [9.17, 15) is 20.2 Å². The minimum absolute atomic E-state index is 0.0856. The van der Waals surface area contributed by atoms with E-state index in [2.05, 4.69) is 25.1 Å². The summed E-state index contributed by atoms with van der Waals surface area (Å²) in [4.78, 5) is 28.6. The molecule has 0 radical (unpaired) electrons. The van der Waals surface area contributed by atoms with E-state index < -0.39 is 9.85 Å². The average molecular weight is 239 g/mol. The van der Waals surface area contributed by atoms with Crippen molar-refractivity contribution in [3.8, 4) is 0 Å². The summed E-state index contributed by atoms with van der Waals surface area (Å²) in [6.07, 6.45) is 4.62. The van der Waals surface area contributed by atoms with Gasteiger partial charge in [0.2, 0.25) is 6.33 Å². The summed E-state index contributed by atoms with van der Waals surface area (Å²) < 4.78 is 0. The van der Waals surface area contributed by atoms with E-state index in [0.29, 0.717) is 0 Å². The predicted molar refractivity (Wildman–Crippen MR) is 51.7 cm³/mol. The van der Waals surface area contributed by atoms with Gasteiger partial charge in [-0.2, -0.15) is 0 Å². The highest BCUT2D eigenvalue weighted by molar-refractivity contribution is 5.18. The lowest BCUT2D eigenvalue weighted by Crippen LogP contribution is -1.88. The molecule has 0 saturated carbocycles. The third-order valence-electron chi connectivity index (χ3n) is 1.33. The van der Waals surface area contributed by atoms with Crippen LogP contribution in [0.3, 0.4) is 0 Å². The molecule has 0 saturated heterocycles. The fraction of sp³-hybridized carbons (Fsp3) is 0. The predicted octanol–water partition coefficient (Wildman–Crippen LogP) is 0.0977. The summed E-state index contributed by atoms with van der Waals surface area (Å²) in [5, 5.41) is 25.0. The van der Waals surface area contributed by atoms with Gasteiger partial charge in [-0.3, -0.25) is 10.1 Å². The van der Waals surface area contributed by atoms with Crippen molar-refractivity contribution in [2.24, 2.45) is 0 Å². The number of H-pyrrole nitrogens is 1. The van der Waals surface area contributed by atoms with Crippen LogP contribution in [0.1, 0.15) is 0 Å². The second-order valence-electron chi connectivity index (χ2n) is 2.42. The first kappa shape index (κ1) is 12.1. The minimum Gasteiger partial charge on any atom is -0.390 e. The molecular weight excluding hydrogens is 234 g/mol. The van der Waals surface area contributed by atoms with Gasteiger partial charge >= 0.3 is 11.6 Å². The second-order valence-corrected chi connectivity index (χ2v) is 2.42. The van der Waals surface area contributed by atoms with Gasteiger partial charge in [0, 0.05) is 0 Å². The van der Waals surface area contributed by atoms with Gasteiger partial charge in [-0.05, 0) is 4.92 Å². The molecule has 0 unspecified atom stereocenters. The van der Waals surface area contributed by atoms with Gasteiger partial charge in [-0.1, -0.05) is 10.1 Å². The minimum atomic E-state index is -0.646. The van der Waals surface area contributed by atoms with Crippen LogP contribution in [-0.2, 0) is 0 Å². The van der Waals surface area contributed by atoms with Gasteiger partial charge in [-0.15, -0.1) is 5.10 Å². The van der Waals surface area contributed by atoms with E-state index in [-0.39, 0.29) is 11.6 Å². The number of hydrogen-bond acceptors (Lipinski definition) is 8. The number of rotatable bonds is 2. The van der Waals surface area contributed by atoms with Crippen LogP contribution in [0.5, 0.6) is 0 Å². The van der Waals surface area contributed by atoms with Crippen LogP contribution in [0.4, 0.5) is 11.6 Å². The summed E-state index contributed by atoms with van der Waals surface area (Å²) in [5.74, 6) is -0.329. The number of aromatic nitrogens is 5. The first-order valence-electron chi connectivity index (χ1n) is 4.00. The molecule has 0 aliphatic carbocycles. The van der Waals surface area contributed by atoms with Crippen molar-refractivity contribution in [3.63, 3.8) is 0 Å². The van der Waals surface area contributed by atoms with E-state index in [4.69, 9.17) is 0 Å². The van der Waals surface area contributed by atoms with Gasteiger partial charge in [0.1, 0.15) is 18.7 Å². The van der Waals surface area contributed by atoms with E-state index >= 15 is 0 Å². The lowest BCUT2D eigenvalue weighted by molar-refractivity contribution is -0.394. The van der Waals surface area contributed by atoms with Gasteiger partial charge < -0.3 is 10.1 Å². The molecule has 2 aromatic heterocycles. The van der Waals surface area contributed by atoms with Crippen LogP contribution >= 0.6 is 0 Å². The van der Waals surface area contributed by atoms with Gasteiger partial charge in [0.05, 0.1) is 4.92 Å². The van der Waals surface area contributed by atoms with Gasteiger partial charge in [0.25, 0.3) is 0 Å². The van der Waals surface area contributed by atoms with Crippen LogP contribution in [0, 0.1) is 20.2 Å². The molecule has 2 aromatic rings. The highest BCUT2D eigenvalue weighted by Crippen LogP contribution is 2.02. The van der Waals surface area contributed by atoms with Crippen LogP contribution < -0.4 is 0 Å². The summed E-state index contributed by atoms with van der Waals surface area (Å²) >= 11 is 0. The monoisotopic (exact) mass is 239 g/mol. The Morgan fingerprint density at radius 1 is 1.06 bits per heavy atom. The summed E-state index contributed by atoms with van der Waals surface area (Å²) in [6.45, 7) is 0. The van der Waals surface area contributed by atoms with Crippen molar-refractivity contribution in [3.05, 3.63) is 45.3 Å². The number of nitrogens with zero attached hydrogens (tertiary/aromatic N) is 6. The first-order chi connectivity index (χ1) is 8.11. The molecule has 0 fully saturated rings. The van der Waals surface area contributed by atoms with Crippen LogP contribution in [0.2, 0.25) is 0 Å². The summed E-state index contributed by atoms with van der Waals surface area (Å²) in [7, 11) is 0. The highest BCUT2D eigenvalue weighted by atomic mass is 16.6. The Bertz CT molecular complexity index is 484. The van der Waals surface area contributed by atoms with E-state index in [1.54, 1.807) is 0 Å². The fourth-order valence-electron chi connectivity index (χ4n) is 0.672. The Morgan fingerprint density at radius 3 is 2.00 bits per heavy atom. The van der Waals surface area contributed by atoms with Crippen LogP contribution in [-0.4, -0.2) is 35.0 Å². The second kappa shape index (κ2) is 5.79. The van der Waals surface area contributed by atoms with Gasteiger partial charge in [0.15, 0.2) is 0 Å². The molecule has 0 amide bonds. The molecule has 0 aliphatic heterocycles. The molecule has 1 N–H and O–H groups in total. The molecule has 2 rings (SSSR count). The van der Waals surface area contributed by atoms with Crippen LogP contribution in [0.15, 0.2) is 25.0 Å².